The topological polar surface area (TPSA) is 83.5 Å². The number of phenols is 1. The first kappa shape index (κ1) is 19.7. The second kappa shape index (κ2) is 7.67. The highest BCUT2D eigenvalue weighted by molar-refractivity contribution is 6.31. The normalized spacial score (nSPS) is 16.4. The van der Waals surface area contributed by atoms with Gasteiger partial charge in [0.25, 0.3) is 0 Å². The molecule has 0 bridgehead atoms. The summed E-state index contributed by atoms with van der Waals surface area (Å²) < 4.78 is 27.8. The van der Waals surface area contributed by atoms with Crippen LogP contribution in [-0.2, 0) is 0 Å². The van der Waals surface area contributed by atoms with Gasteiger partial charge in [-0.25, -0.2) is 0 Å². The van der Waals surface area contributed by atoms with Crippen molar-refractivity contribution in [3.8, 4) is 34.5 Å². The lowest BCUT2D eigenvalue weighted by Gasteiger charge is -2.24. The van der Waals surface area contributed by atoms with E-state index in [0.717, 1.165) is 0 Å². The zero-order valence-corrected chi connectivity index (χ0v) is 17.1. The van der Waals surface area contributed by atoms with Crippen molar-refractivity contribution < 1.29 is 33.6 Å². The second-order valence-electron chi connectivity index (χ2n) is 6.83. The Morgan fingerprint density at radius 2 is 1.87 bits per heavy atom. The van der Waals surface area contributed by atoms with E-state index in [0.29, 0.717) is 45.4 Å². The number of ketones is 1. The number of rotatable bonds is 5. The predicted molar refractivity (Wildman–Crippen MR) is 111 cm³/mol. The van der Waals surface area contributed by atoms with E-state index < -0.39 is 0 Å². The van der Waals surface area contributed by atoms with Crippen LogP contribution in [0.2, 0.25) is 0 Å². The molecule has 7 heteroatoms. The smallest absolute Gasteiger partial charge is 0.204 e. The summed E-state index contributed by atoms with van der Waals surface area (Å²) in [4.78, 5) is 13.5. The molecule has 0 saturated heterocycles. The molecule has 2 heterocycles. The van der Waals surface area contributed by atoms with E-state index >= 15 is 0 Å². The van der Waals surface area contributed by atoms with E-state index in [1.165, 1.54) is 21.3 Å². The Hall–Kier alpha value is -3.61. The molecule has 2 aliphatic rings. The molecule has 0 radical (unpaired) electrons. The standard InChI is InChI=1S/C23H22O7/c1-12-5-6-13-16(30-12)8-7-15(20(13)24)21(25)14-9-10-29-17-11-18(26-2)22(27-3)23(28-4)19(14)17/h5-9,11-12,24H,10H2,1-4H3. The summed E-state index contributed by atoms with van der Waals surface area (Å²) >= 11 is 0. The third-order valence-corrected chi connectivity index (χ3v) is 5.10. The molecule has 0 fully saturated rings. The molecule has 2 aromatic rings. The van der Waals surface area contributed by atoms with Crippen molar-refractivity contribution in [2.45, 2.75) is 13.0 Å². The minimum absolute atomic E-state index is 0.102. The fourth-order valence-electron chi connectivity index (χ4n) is 3.68. The molecule has 4 rings (SSSR count). The average molecular weight is 410 g/mol. The van der Waals surface area contributed by atoms with E-state index in [2.05, 4.69) is 0 Å². The maximum absolute atomic E-state index is 13.5. The molecular weight excluding hydrogens is 388 g/mol. The highest BCUT2D eigenvalue weighted by Crippen LogP contribution is 2.50. The number of carbonyl (C=O) groups is 1. The minimum Gasteiger partial charge on any atom is -0.506 e. The van der Waals surface area contributed by atoms with Crippen LogP contribution < -0.4 is 23.7 Å². The molecule has 30 heavy (non-hydrogen) atoms. The monoisotopic (exact) mass is 410 g/mol. The Balaban J connectivity index is 1.84. The van der Waals surface area contributed by atoms with Gasteiger partial charge in [-0.2, -0.15) is 0 Å². The van der Waals surface area contributed by atoms with Crippen molar-refractivity contribution in [2.75, 3.05) is 27.9 Å². The highest BCUT2D eigenvalue weighted by Gasteiger charge is 2.31. The van der Waals surface area contributed by atoms with E-state index in [-0.39, 0.29) is 29.8 Å². The molecule has 0 saturated carbocycles. The Labute approximate surface area is 174 Å². The number of Topliss-reactive ketones (excluding diaryl/α,β-unsaturated/α-hetero) is 1. The largest absolute Gasteiger partial charge is 0.506 e. The Morgan fingerprint density at radius 1 is 1.10 bits per heavy atom. The summed E-state index contributed by atoms with van der Waals surface area (Å²) in [7, 11) is 4.48. The van der Waals surface area contributed by atoms with Crippen LogP contribution in [0.25, 0.3) is 11.6 Å². The van der Waals surface area contributed by atoms with Gasteiger partial charge in [0.1, 0.15) is 30.0 Å². The summed E-state index contributed by atoms with van der Waals surface area (Å²) in [6.07, 6.45) is 5.14. The van der Waals surface area contributed by atoms with Gasteiger partial charge in [0.15, 0.2) is 17.3 Å². The number of hydrogen-bond donors (Lipinski definition) is 1. The summed E-state index contributed by atoms with van der Waals surface area (Å²) in [6, 6.07) is 4.90. The number of phenolic OH excluding ortho intramolecular Hbond substituents is 1. The molecule has 2 aliphatic heterocycles. The van der Waals surface area contributed by atoms with Crippen molar-refractivity contribution in [2.24, 2.45) is 0 Å². The van der Waals surface area contributed by atoms with Crippen LogP contribution in [0.4, 0.5) is 0 Å². The lowest BCUT2D eigenvalue weighted by molar-refractivity contribution is 0.105. The van der Waals surface area contributed by atoms with E-state index in [1.807, 2.05) is 13.0 Å². The summed E-state index contributed by atoms with van der Waals surface area (Å²) in [5.41, 5.74) is 1.43. The average Bonchev–Trinajstić information content (AvgIpc) is 2.76. The molecule has 2 aromatic carbocycles. The van der Waals surface area contributed by atoms with Gasteiger partial charge in [-0.3, -0.25) is 4.79 Å². The number of aromatic hydroxyl groups is 1. The number of allylic oxidation sites excluding steroid dienone is 1. The zero-order chi connectivity index (χ0) is 21.4. The van der Waals surface area contributed by atoms with Gasteiger partial charge in [0, 0.05) is 11.6 Å². The first-order valence-corrected chi connectivity index (χ1v) is 9.42. The van der Waals surface area contributed by atoms with Gasteiger partial charge in [-0.05, 0) is 37.3 Å². The third kappa shape index (κ3) is 3.03. The number of fused-ring (bicyclic) bond motifs is 2. The summed E-state index contributed by atoms with van der Waals surface area (Å²) in [6.45, 7) is 2.09. The first-order valence-electron chi connectivity index (χ1n) is 9.42. The molecule has 1 N–H and O–H groups in total. The van der Waals surface area contributed by atoms with Gasteiger partial charge in [0.05, 0.1) is 38.0 Å². The van der Waals surface area contributed by atoms with Crippen LogP contribution >= 0.6 is 0 Å². The number of hydrogen-bond acceptors (Lipinski definition) is 7. The molecule has 0 aliphatic carbocycles. The van der Waals surface area contributed by atoms with Crippen LogP contribution in [0.3, 0.4) is 0 Å². The molecule has 1 unspecified atom stereocenters. The Kier molecular flexibility index (Phi) is 5.03. The lowest BCUT2D eigenvalue weighted by atomic mass is 9.91. The van der Waals surface area contributed by atoms with Crippen molar-refractivity contribution in [1.82, 2.24) is 0 Å². The van der Waals surface area contributed by atoms with Gasteiger partial charge in [-0.1, -0.05) is 0 Å². The van der Waals surface area contributed by atoms with Gasteiger partial charge < -0.3 is 28.8 Å². The number of methoxy groups -OCH3 is 3. The second-order valence-corrected chi connectivity index (χ2v) is 6.83. The molecule has 7 nitrogen and oxygen atoms in total. The SMILES string of the molecule is COc1cc2c(c(OC)c1OC)C(C(=O)c1ccc3c(c1O)C=CC(C)O3)=CCO2. The van der Waals surface area contributed by atoms with E-state index in [9.17, 15) is 9.90 Å². The van der Waals surface area contributed by atoms with Gasteiger partial charge in [-0.15, -0.1) is 0 Å². The van der Waals surface area contributed by atoms with Gasteiger partial charge >= 0.3 is 0 Å². The van der Waals surface area contributed by atoms with Crippen molar-refractivity contribution in [1.29, 1.82) is 0 Å². The fourth-order valence-corrected chi connectivity index (χ4v) is 3.68. The predicted octanol–water partition coefficient (Wildman–Crippen LogP) is 3.87. The van der Waals surface area contributed by atoms with Crippen LogP contribution in [0.15, 0.2) is 30.4 Å². The van der Waals surface area contributed by atoms with Crippen LogP contribution in [0.5, 0.6) is 34.5 Å². The Bertz CT molecular complexity index is 1080. The summed E-state index contributed by atoms with van der Waals surface area (Å²) in [5.74, 6) is 1.57. The maximum Gasteiger partial charge on any atom is 0.204 e. The first-order chi connectivity index (χ1) is 14.5. The number of ether oxygens (including phenoxy) is 5. The number of carbonyl (C=O) groups excluding carboxylic acids is 1. The Morgan fingerprint density at radius 3 is 2.57 bits per heavy atom. The molecule has 0 aromatic heterocycles. The quantitative estimate of drug-likeness (QED) is 0.749. The van der Waals surface area contributed by atoms with Crippen molar-refractivity contribution in [3.05, 3.63) is 47.0 Å². The molecular formula is C23H22O7. The summed E-state index contributed by atoms with van der Waals surface area (Å²) in [5, 5.41) is 10.8. The molecule has 156 valence electrons. The fraction of sp³-hybridized carbons (Fsp3) is 0.261. The van der Waals surface area contributed by atoms with Crippen LogP contribution in [0, 0.1) is 0 Å². The molecule has 0 spiro atoms. The van der Waals surface area contributed by atoms with E-state index in [1.54, 1.807) is 30.4 Å². The van der Waals surface area contributed by atoms with Crippen LogP contribution in [-0.4, -0.2) is 44.9 Å². The number of benzene rings is 2. The van der Waals surface area contributed by atoms with Crippen LogP contribution in [0.1, 0.15) is 28.4 Å². The van der Waals surface area contributed by atoms with E-state index in [4.69, 9.17) is 23.7 Å². The van der Waals surface area contributed by atoms with Crippen molar-refractivity contribution in [3.63, 3.8) is 0 Å². The highest BCUT2D eigenvalue weighted by atomic mass is 16.5. The zero-order valence-electron chi connectivity index (χ0n) is 17.1. The molecule has 1 atom stereocenters. The van der Waals surface area contributed by atoms with Crippen molar-refractivity contribution >= 4 is 17.4 Å². The maximum atomic E-state index is 13.5. The van der Waals surface area contributed by atoms with Gasteiger partial charge in [0.2, 0.25) is 5.75 Å². The molecule has 0 amide bonds. The lowest BCUT2D eigenvalue weighted by Crippen LogP contribution is -2.15. The minimum atomic E-state index is -0.364. The third-order valence-electron chi connectivity index (χ3n) is 5.10.